The lowest BCUT2D eigenvalue weighted by Crippen LogP contribution is -2.40. The lowest BCUT2D eigenvalue weighted by molar-refractivity contribution is -0.148. The number of likely N-dealkylation sites (tertiary alicyclic amines) is 1. The molecule has 1 aromatic rings. The van der Waals surface area contributed by atoms with Crippen LogP contribution in [-0.2, 0) is 26.9 Å². The summed E-state index contributed by atoms with van der Waals surface area (Å²) in [6, 6.07) is 4.08. The van der Waals surface area contributed by atoms with Crippen LogP contribution in [-0.4, -0.2) is 47.7 Å². The molecule has 1 N–H and O–H groups in total. The monoisotopic (exact) mass is 359 g/mol. The summed E-state index contributed by atoms with van der Waals surface area (Å²) >= 11 is 0. The Hall–Kier alpha value is -2.09. The normalized spacial score (nSPS) is 20.7. The molecule has 2 atom stereocenters. The number of amides is 1. The number of carboxylic acids is 1. The molecule has 2 unspecified atom stereocenters. The Morgan fingerprint density at radius 1 is 1.36 bits per heavy atom. The number of ether oxygens (including phenoxy) is 1. The Morgan fingerprint density at radius 2 is 2.08 bits per heavy atom. The molecule has 0 bridgehead atoms. The molecule has 1 aliphatic rings. The Morgan fingerprint density at radius 3 is 2.68 bits per heavy atom. The highest BCUT2D eigenvalue weighted by Gasteiger charge is 2.39. The molecule has 1 aliphatic heterocycles. The number of methoxy groups -OCH3 is 1. The fourth-order valence-corrected chi connectivity index (χ4v) is 2.97. The number of hydrogen-bond donors (Lipinski definition) is 1. The molecule has 1 amide bonds. The predicted molar refractivity (Wildman–Crippen MR) is 82.9 cm³/mol. The van der Waals surface area contributed by atoms with Crippen LogP contribution in [0, 0.1) is 0 Å². The van der Waals surface area contributed by atoms with Crippen LogP contribution >= 0.6 is 0 Å². The van der Waals surface area contributed by atoms with Crippen molar-refractivity contribution in [2.24, 2.45) is 0 Å². The number of hydrogen-bond acceptors (Lipinski definition) is 3. The van der Waals surface area contributed by atoms with Gasteiger partial charge in [-0.3, -0.25) is 4.79 Å². The van der Waals surface area contributed by atoms with Crippen molar-refractivity contribution in [1.82, 2.24) is 4.90 Å². The molecule has 25 heavy (non-hydrogen) atoms. The van der Waals surface area contributed by atoms with Crippen molar-refractivity contribution in [2.45, 2.75) is 44.0 Å². The molecule has 0 aromatic heterocycles. The molecule has 5 nitrogen and oxygen atoms in total. The van der Waals surface area contributed by atoms with E-state index in [9.17, 15) is 27.9 Å². The van der Waals surface area contributed by atoms with Gasteiger partial charge in [-0.2, -0.15) is 13.2 Å². The molecule has 0 saturated carbocycles. The standard InChI is InChI=1S/C17H20F3NO4/c1-25-13-9-14(16(23)24)21(10-13)15(22)7-3-5-11-4-2-6-12(8-11)17(18,19)20/h2,4,6,8,13-14H,3,5,7,9-10H2,1H3,(H,23,24). The first-order chi connectivity index (χ1) is 11.7. The zero-order valence-electron chi connectivity index (χ0n) is 13.8. The van der Waals surface area contributed by atoms with Crippen LogP contribution in [0.1, 0.15) is 30.4 Å². The first-order valence-corrected chi connectivity index (χ1v) is 7.93. The minimum atomic E-state index is -4.40. The molecule has 1 aromatic carbocycles. The molecule has 1 heterocycles. The van der Waals surface area contributed by atoms with Gasteiger partial charge in [-0.1, -0.05) is 18.2 Å². The summed E-state index contributed by atoms with van der Waals surface area (Å²) in [6.45, 7) is 0.218. The van der Waals surface area contributed by atoms with Crippen molar-refractivity contribution in [3.8, 4) is 0 Å². The van der Waals surface area contributed by atoms with Gasteiger partial charge in [0.15, 0.2) is 0 Å². The highest BCUT2D eigenvalue weighted by molar-refractivity contribution is 5.84. The largest absolute Gasteiger partial charge is 0.480 e. The second kappa shape index (κ2) is 7.86. The van der Waals surface area contributed by atoms with Gasteiger partial charge in [-0.05, 0) is 24.5 Å². The zero-order chi connectivity index (χ0) is 18.6. The third-order valence-electron chi connectivity index (χ3n) is 4.31. The Bertz CT molecular complexity index is 633. The first-order valence-electron chi connectivity index (χ1n) is 7.93. The summed E-state index contributed by atoms with van der Waals surface area (Å²) in [5, 5.41) is 9.20. The minimum Gasteiger partial charge on any atom is -0.480 e. The molecule has 2 rings (SSSR count). The molecular weight excluding hydrogens is 339 g/mol. The van der Waals surface area contributed by atoms with Gasteiger partial charge in [-0.15, -0.1) is 0 Å². The van der Waals surface area contributed by atoms with E-state index in [1.807, 2.05) is 0 Å². The SMILES string of the molecule is COC1CC(C(=O)O)N(C(=O)CCCc2cccc(C(F)(F)F)c2)C1. The molecule has 1 saturated heterocycles. The highest BCUT2D eigenvalue weighted by atomic mass is 19.4. The maximum absolute atomic E-state index is 12.7. The summed E-state index contributed by atoms with van der Waals surface area (Å²) in [4.78, 5) is 24.8. The number of aliphatic carboxylic acids is 1. The molecule has 8 heteroatoms. The second-order valence-electron chi connectivity index (χ2n) is 6.05. The van der Waals surface area contributed by atoms with Crippen molar-refractivity contribution in [3.05, 3.63) is 35.4 Å². The Kier molecular flexibility index (Phi) is 6.05. The number of benzene rings is 1. The van der Waals surface area contributed by atoms with E-state index in [0.717, 1.165) is 12.1 Å². The third kappa shape index (κ3) is 4.94. The maximum Gasteiger partial charge on any atom is 0.416 e. The van der Waals surface area contributed by atoms with Crippen LogP contribution in [0.5, 0.6) is 0 Å². The van der Waals surface area contributed by atoms with Crippen LogP contribution in [0.2, 0.25) is 0 Å². The topological polar surface area (TPSA) is 66.8 Å². The van der Waals surface area contributed by atoms with E-state index in [4.69, 9.17) is 4.74 Å². The summed E-state index contributed by atoms with van der Waals surface area (Å²) < 4.78 is 43.2. The summed E-state index contributed by atoms with van der Waals surface area (Å²) in [6.07, 6.45) is -3.73. The lowest BCUT2D eigenvalue weighted by Gasteiger charge is -2.21. The average Bonchev–Trinajstić information content (AvgIpc) is 2.99. The lowest BCUT2D eigenvalue weighted by atomic mass is 10.0. The summed E-state index contributed by atoms with van der Waals surface area (Å²) in [5.41, 5.74) is -0.224. The van der Waals surface area contributed by atoms with E-state index in [2.05, 4.69) is 0 Å². The second-order valence-corrected chi connectivity index (χ2v) is 6.05. The summed E-state index contributed by atoms with van der Waals surface area (Å²) in [7, 11) is 1.46. The van der Waals surface area contributed by atoms with E-state index in [1.165, 1.54) is 18.1 Å². The fourth-order valence-electron chi connectivity index (χ4n) is 2.97. The highest BCUT2D eigenvalue weighted by Crippen LogP contribution is 2.30. The van der Waals surface area contributed by atoms with Gasteiger partial charge < -0.3 is 14.7 Å². The molecule has 0 aliphatic carbocycles. The smallest absolute Gasteiger partial charge is 0.416 e. The van der Waals surface area contributed by atoms with Crippen molar-refractivity contribution >= 4 is 11.9 Å². The van der Waals surface area contributed by atoms with E-state index >= 15 is 0 Å². The van der Waals surface area contributed by atoms with Crippen LogP contribution < -0.4 is 0 Å². The quantitative estimate of drug-likeness (QED) is 0.848. The summed E-state index contributed by atoms with van der Waals surface area (Å²) in [5.74, 6) is -1.40. The number of carboxylic acid groups (broad SMARTS) is 1. The number of nitrogens with zero attached hydrogens (tertiary/aromatic N) is 1. The number of halogens is 3. The van der Waals surface area contributed by atoms with Gasteiger partial charge in [0.2, 0.25) is 5.91 Å². The number of aryl methyl sites for hydroxylation is 1. The van der Waals surface area contributed by atoms with Gasteiger partial charge in [0.05, 0.1) is 11.7 Å². The molecule has 0 radical (unpaired) electrons. The van der Waals surface area contributed by atoms with Crippen molar-refractivity contribution in [3.63, 3.8) is 0 Å². The van der Waals surface area contributed by atoms with Crippen LogP contribution in [0.15, 0.2) is 24.3 Å². The van der Waals surface area contributed by atoms with Crippen molar-refractivity contribution in [2.75, 3.05) is 13.7 Å². The van der Waals surface area contributed by atoms with E-state index in [1.54, 1.807) is 6.07 Å². The predicted octanol–water partition coefficient (Wildman–Crippen LogP) is 2.73. The molecule has 1 fully saturated rings. The number of alkyl halides is 3. The van der Waals surface area contributed by atoms with E-state index < -0.39 is 23.8 Å². The Labute approximate surface area is 143 Å². The minimum absolute atomic E-state index is 0.0798. The van der Waals surface area contributed by atoms with Gasteiger partial charge >= 0.3 is 12.1 Å². The van der Waals surface area contributed by atoms with Crippen LogP contribution in [0.25, 0.3) is 0 Å². The zero-order valence-corrected chi connectivity index (χ0v) is 13.8. The number of rotatable bonds is 6. The van der Waals surface area contributed by atoms with Crippen molar-refractivity contribution < 1.29 is 32.6 Å². The first kappa shape index (κ1) is 19.2. The Balaban J connectivity index is 1.91. The van der Waals surface area contributed by atoms with Gasteiger partial charge in [0, 0.05) is 26.5 Å². The van der Waals surface area contributed by atoms with Gasteiger partial charge in [0.25, 0.3) is 0 Å². The van der Waals surface area contributed by atoms with Gasteiger partial charge in [0.1, 0.15) is 6.04 Å². The molecular formula is C17H20F3NO4. The van der Waals surface area contributed by atoms with Crippen LogP contribution in [0.3, 0.4) is 0 Å². The van der Waals surface area contributed by atoms with Crippen molar-refractivity contribution in [1.29, 1.82) is 0 Å². The van der Waals surface area contributed by atoms with E-state index in [0.29, 0.717) is 18.4 Å². The average molecular weight is 359 g/mol. The number of carbonyl (C=O) groups excluding carboxylic acids is 1. The van der Waals surface area contributed by atoms with Gasteiger partial charge in [-0.25, -0.2) is 4.79 Å². The maximum atomic E-state index is 12.7. The third-order valence-corrected chi connectivity index (χ3v) is 4.31. The fraction of sp³-hybridized carbons (Fsp3) is 0.529. The number of carbonyl (C=O) groups is 2. The molecule has 0 spiro atoms. The van der Waals surface area contributed by atoms with E-state index in [-0.39, 0.29) is 31.4 Å². The molecule has 138 valence electrons. The van der Waals surface area contributed by atoms with Crippen LogP contribution in [0.4, 0.5) is 13.2 Å².